The Morgan fingerprint density at radius 1 is 1.50 bits per heavy atom. The fourth-order valence-corrected chi connectivity index (χ4v) is 1.00. The van der Waals surface area contributed by atoms with E-state index >= 15 is 0 Å². The molecule has 0 aromatic carbocycles. The highest BCUT2D eigenvalue weighted by Crippen LogP contribution is 2.30. The van der Waals surface area contributed by atoms with Crippen LogP contribution in [0.4, 0.5) is 8.78 Å². The summed E-state index contributed by atoms with van der Waals surface area (Å²) < 4.78 is 31.1. The maximum absolute atomic E-state index is 13.2. The van der Waals surface area contributed by atoms with Crippen LogP contribution in [0.3, 0.4) is 0 Å². The molecule has 0 saturated carbocycles. The predicted molar refractivity (Wildman–Crippen MR) is 46.4 cm³/mol. The van der Waals surface area contributed by atoms with Crippen molar-refractivity contribution in [3.63, 3.8) is 0 Å². The van der Waals surface area contributed by atoms with Crippen molar-refractivity contribution in [3.05, 3.63) is 23.9 Å². The fourth-order valence-electron chi connectivity index (χ4n) is 1.00. The van der Waals surface area contributed by atoms with Gasteiger partial charge >= 0.3 is 0 Å². The molecular formula is C9H11F2NO2. The zero-order valence-corrected chi connectivity index (χ0v) is 7.70. The van der Waals surface area contributed by atoms with Crippen molar-refractivity contribution < 1.29 is 18.6 Å². The van der Waals surface area contributed by atoms with Gasteiger partial charge in [-0.3, -0.25) is 0 Å². The number of nitrogens with zero attached hydrogens (tertiary/aromatic N) is 1. The third-order valence-corrected chi connectivity index (χ3v) is 1.73. The first-order chi connectivity index (χ1) is 6.60. The van der Waals surface area contributed by atoms with E-state index in [9.17, 15) is 8.78 Å². The Morgan fingerprint density at radius 2 is 2.21 bits per heavy atom. The van der Waals surface area contributed by atoms with Crippen LogP contribution in [-0.4, -0.2) is 23.8 Å². The van der Waals surface area contributed by atoms with Gasteiger partial charge in [0.15, 0.2) is 0 Å². The van der Waals surface area contributed by atoms with Crippen LogP contribution in [0.25, 0.3) is 0 Å². The van der Waals surface area contributed by atoms with Crippen molar-refractivity contribution in [3.8, 4) is 5.88 Å². The molecule has 0 aliphatic carbocycles. The van der Waals surface area contributed by atoms with Gasteiger partial charge in [-0.15, -0.1) is 0 Å². The number of aromatic nitrogens is 1. The number of halogens is 2. The molecule has 0 radical (unpaired) electrons. The smallest absolute Gasteiger partial charge is 0.292 e. The lowest BCUT2D eigenvalue weighted by molar-refractivity contribution is -0.0314. The number of rotatable bonds is 4. The van der Waals surface area contributed by atoms with Gasteiger partial charge in [-0.2, -0.15) is 8.78 Å². The van der Waals surface area contributed by atoms with Gasteiger partial charge in [-0.1, -0.05) is 6.07 Å². The van der Waals surface area contributed by atoms with E-state index in [-0.39, 0.29) is 11.6 Å². The van der Waals surface area contributed by atoms with Gasteiger partial charge < -0.3 is 9.84 Å². The van der Waals surface area contributed by atoms with Crippen LogP contribution in [0, 0.1) is 0 Å². The molecule has 1 rings (SSSR count). The number of hydrogen-bond donors (Lipinski definition) is 1. The van der Waals surface area contributed by atoms with Crippen LogP contribution in [0.2, 0.25) is 0 Å². The van der Waals surface area contributed by atoms with Crippen molar-refractivity contribution in [1.29, 1.82) is 0 Å². The number of alkyl halides is 2. The van der Waals surface area contributed by atoms with Gasteiger partial charge in [0.25, 0.3) is 5.92 Å². The van der Waals surface area contributed by atoms with E-state index in [1.54, 1.807) is 0 Å². The lowest BCUT2D eigenvalue weighted by Gasteiger charge is -2.14. The van der Waals surface area contributed by atoms with Gasteiger partial charge in [0.2, 0.25) is 5.88 Å². The lowest BCUT2D eigenvalue weighted by atomic mass is 10.1. The summed E-state index contributed by atoms with van der Waals surface area (Å²) in [4.78, 5) is 3.60. The molecule has 1 N–H and O–H groups in total. The molecule has 0 spiro atoms. The quantitative estimate of drug-likeness (QED) is 0.807. The monoisotopic (exact) mass is 203 g/mol. The average Bonchev–Trinajstić information content (AvgIpc) is 2.18. The maximum atomic E-state index is 13.2. The Kier molecular flexibility index (Phi) is 3.35. The van der Waals surface area contributed by atoms with E-state index in [2.05, 4.69) is 4.98 Å². The summed E-state index contributed by atoms with van der Waals surface area (Å²) in [5, 5.41) is 8.45. The summed E-state index contributed by atoms with van der Waals surface area (Å²) in [6.07, 6.45) is -0.632. The maximum Gasteiger partial charge on any atom is 0.292 e. The van der Waals surface area contributed by atoms with Crippen LogP contribution in [0.1, 0.15) is 12.1 Å². The SMILES string of the molecule is COc1cccc(C(F)(F)CCO)n1. The molecular weight excluding hydrogens is 192 g/mol. The Labute approximate surface area is 80.3 Å². The van der Waals surface area contributed by atoms with E-state index in [4.69, 9.17) is 9.84 Å². The molecule has 0 aliphatic rings. The topological polar surface area (TPSA) is 42.4 Å². The average molecular weight is 203 g/mol. The minimum atomic E-state index is -3.11. The van der Waals surface area contributed by atoms with Crippen molar-refractivity contribution in [2.75, 3.05) is 13.7 Å². The number of aliphatic hydroxyl groups is 1. The highest BCUT2D eigenvalue weighted by atomic mass is 19.3. The number of aliphatic hydroxyl groups excluding tert-OH is 1. The van der Waals surface area contributed by atoms with Crippen LogP contribution in [0.15, 0.2) is 18.2 Å². The van der Waals surface area contributed by atoms with Crippen molar-refractivity contribution in [1.82, 2.24) is 4.98 Å². The van der Waals surface area contributed by atoms with Crippen molar-refractivity contribution in [2.45, 2.75) is 12.3 Å². The van der Waals surface area contributed by atoms with E-state index in [0.29, 0.717) is 0 Å². The van der Waals surface area contributed by atoms with Crippen molar-refractivity contribution in [2.24, 2.45) is 0 Å². The zero-order valence-electron chi connectivity index (χ0n) is 7.70. The number of pyridine rings is 1. The second-order valence-corrected chi connectivity index (χ2v) is 2.74. The third-order valence-electron chi connectivity index (χ3n) is 1.73. The predicted octanol–water partition coefficient (Wildman–Crippen LogP) is 1.56. The van der Waals surface area contributed by atoms with Gasteiger partial charge in [0.1, 0.15) is 5.69 Å². The normalized spacial score (nSPS) is 11.4. The summed E-state index contributed by atoms with van der Waals surface area (Å²) in [6.45, 7) is -0.577. The second kappa shape index (κ2) is 4.32. The van der Waals surface area contributed by atoms with Gasteiger partial charge in [0, 0.05) is 19.1 Å². The summed E-state index contributed by atoms with van der Waals surface area (Å²) >= 11 is 0. The van der Waals surface area contributed by atoms with Gasteiger partial charge in [-0.25, -0.2) is 4.98 Å². The molecule has 1 aromatic heterocycles. The summed E-state index contributed by atoms with van der Waals surface area (Å²) in [6, 6.07) is 4.13. The van der Waals surface area contributed by atoms with Crippen molar-refractivity contribution >= 4 is 0 Å². The zero-order chi connectivity index (χ0) is 10.6. The largest absolute Gasteiger partial charge is 0.481 e. The fraction of sp³-hybridized carbons (Fsp3) is 0.444. The summed E-state index contributed by atoms with van der Waals surface area (Å²) in [5.74, 6) is -2.97. The van der Waals surface area contributed by atoms with Crippen LogP contribution in [-0.2, 0) is 5.92 Å². The molecule has 78 valence electrons. The molecule has 14 heavy (non-hydrogen) atoms. The summed E-state index contributed by atoms with van der Waals surface area (Å²) in [5.41, 5.74) is -0.383. The molecule has 3 nitrogen and oxygen atoms in total. The third kappa shape index (κ3) is 2.38. The van der Waals surface area contributed by atoms with E-state index in [0.717, 1.165) is 0 Å². The molecule has 0 saturated heterocycles. The number of methoxy groups -OCH3 is 1. The molecule has 0 fully saturated rings. The first-order valence-electron chi connectivity index (χ1n) is 4.10. The van der Waals surface area contributed by atoms with Gasteiger partial charge in [-0.05, 0) is 6.07 Å². The Morgan fingerprint density at radius 3 is 2.79 bits per heavy atom. The van der Waals surface area contributed by atoms with E-state index in [1.807, 2.05) is 0 Å². The molecule has 5 heteroatoms. The highest BCUT2D eigenvalue weighted by Gasteiger charge is 2.32. The second-order valence-electron chi connectivity index (χ2n) is 2.74. The molecule has 1 heterocycles. The Bertz CT molecular complexity index is 305. The molecule has 1 aromatic rings. The van der Waals surface area contributed by atoms with E-state index in [1.165, 1.54) is 25.3 Å². The Hall–Kier alpha value is -1.23. The molecule has 0 atom stereocenters. The van der Waals surface area contributed by atoms with E-state index < -0.39 is 19.0 Å². The first-order valence-corrected chi connectivity index (χ1v) is 4.10. The minimum absolute atomic E-state index is 0.139. The molecule has 0 amide bonds. The first kappa shape index (κ1) is 10.8. The Balaban J connectivity index is 2.93. The van der Waals surface area contributed by atoms with Gasteiger partial charge in [0.05, 0.1) is 7.11 Å². The van der Waals surface area contributed by atoms with Crippen LogP contribution < -0.4 is 4.74 Å². The van der Waals surface area contributed by atoms with Crippen LogP contribution >= 0.6 is 0 Å². The molecule has 0 aliphatic heterocycles. The standard InChI is InChI=1S/C9H11F2NO2/c1-14-8-4-2-3-7(12-8)9(10,11)5-6-13/h2-4,13H,5-6H2,1H3. The molecule has 0 bridgehead atoms. The number of ether oxygens (including phenoxy) is 1. The minimum Gasteiger partial charge on any atom is -0.481 e. The number of hydrogen-bond acceptors (Lipinski definition) is 3. The van der Waals surface area contributed by atoms with Crippen LogP contribution in [0.5, 0.6) is 5.88 Å². The molecule has 0 unspecified atom stereocenters. The highest BCUT2D eigenvalue weighted by molar-refractivity contribution is 5.18. The summed E-state index contributed by atoms with van der Waals surface area (Å²) in [7, 11) is 1.36. The lowest BCUT2D eigenvalue weighted by Crippen LogP contribution is -2.17.